The summed E-state index contributed by atoms with van der Waals surface area (Å²) < 4.78 is 5.94. The number of hydrogen-bond acceptors (Lipinski definition) is 6. The second kappa shape index (κ2) is 10.4. The Labute approximate surface area is 224 Å². The minimum Gasteiger partial charge on any atom is -0.507 e. The smallest absolute Gasteiger partial charge is 0.300 e. The summed E-state index contributed by atoms with van der Waals surface area (Å²) in [5.74, 6) is -1.73. The van der Waals surface area contributed by atoms with Crippen LogP contribution in [-0.4, -0.2) is 26.9 Å². The van der Waals surface area contributed by atoms with Gasteiger partial charge in [0.1, 0.15) is 23.9 Å². The fraction of sp³-hybridized carbons (Fsp3) is 0.100. The van der Waals surface area contributed by atoms with E-state index in [1.165, 1.54) is 30.6 Å². The number of ketones is 1. The van der Waals surface area contributed by atoms with E-state index in [4.69, 9.17) is 16.3 Å². The molecule has 0 spiro atoms. The van der Waals surface area contributed by atoms with Gasteiger partial charge in [-0.3, -0.25) is 19.5 Å². The lowest BCUT2D eigenvalue weighted by Gasteiger charge is -2.26. The van der Waals surface area contributed by atoms with Crippen LogP contribution in [-0.2, 0) is 16.2 Å². The average Bonchev–Trinajstić information content (AvgIpc) is 3.20. The normalized spacial score (nSPS) is 16.6. The summed E-state index contributed by atoms with van der Waals surface area (Å²) in [7, 11) is 0. The van der Waals surface area contributed by atoms with Crippen LogP contribution in [0.4, 0.5) is 5.69 Å². The zero-order chi connectivity index (χ0) is 26.8. The highest BCUT2D eigenvalue weighted by molar-refractivity contribution is 6.52. The molecule has 0 aliphatic carbocycles. The van der Waals surface area contributed by atoms with Gasteiger partial charge in [0, 0.05) is 23.0 Å². The topological polar surface area (TPSA) is 100.0 Å². The van der Waals surface area contributed by atoms with Crippen LogP contribution in [0.1, 0.15) is 28.3 Å². The maximum absolute atomic E-state index is 13.3. The van der Waals surface area contributed by atoms with Crippen molar-refractivity contribution in [3.05, 3.63) is 124 Å². The van der Waals surface area contributed by atoms with Gasteiger partial charge < -0.3 is 14.9 Å². The number of amides is 1. The van der Waals surface area contributed by atoms with E-state index in [-0.39, 0.29) is 27.8 Å². The molecule has 38 heavy (non-hydrogen) atoms. The molecule has 190 valence electrons. The van der Waals surface area contributed by atoms with E-state index in [1.807, 2.05) is 37.3 Å². The van der Waals surface area contributed by atoms with Gasteiger partial charge in [0.25, 0.3) is 11.7 Å². The van der Waals surface area contributed by atoms with Crippen molar-refractivity contribution in [3.8, 4) is 11.5 Å². The summed E-state index contributed by atoms with van der Waals surface area (Å²) in [6.07, 6.45) is 3.05. The van der Waals surface area contributed by atoms with Gasteiger partial charge >= 0.3 is 0 Å². The fourth-order valence-electron chi connectivity index (χ4n) is 4.48. The lowest BCUT2D eigenvalue weighted by molar-refractivity contribution is -0.132. The second-order valence-electron chi connectivity index (χ2n) is 8.84. The van der Waals surface area contributed by atoms with Gasteiger partial charge in [-0.2, -0.15) is 0 Å². The number of benzene rings is 3. The first-order chi connectivity index (χ1) is 18.3. The number of phenolic OH excluding ortho intramolecular Hbond substituents is 1. The van der Waals surface area contributed by atoms with Crippen LogP contribution in [0.5, 0.6) is 11.5 Å². The molecule has 1 unspecified atom stereocenters. The first-order valence-corrected chi connectivity index (χ1v) is 12.2. The summed E-state index contributed by atoms with van der Waals surface area (Å²) in [6.45, 7) is 2.21. The monoisotopic (exact) mass is 526 g/mol. The molecule has 4 aromatic rings. The standard InChI is InChI=1S/C30H23ClN2O5/c1-18-15-21(7-10-25(18)38-17-19-5-3-2-4-6-19)28(35)26-27(20-11-13-32-14-12-20)33(30(37)29(26)36)23-16-22(31)8-9-24(23)34/h2-16,27,34-35H,17H2,1H3/b28-26+. The van der Waals surface area contributed by atoms with Gasteiger partial charge in [-0.15, -0.1) is 0 Å². The van der Waals surface area contributed by atoms with Crippen LogP contribution in [0, 0.1) is 6.92 Å². The number of aromatic hydroxyl groups is 1. The van der Waals surface area contributed by atoms with Crippen molar-refractivity contribution in [3.63, 3.8) is 0 Å². The highest BCUT2D eigenvalue weighted by atomic mass is 35.5. The molecule has 1 saturated heterocycles. The molecule has 3 aromatic carbocycles. The van der Waals surface area contributed by atoms with Crippen LogP contribution in [0.25, 0.3) is 5.76 Å². The summed E-state index contributed by atoms with van der Waals surface area (Å²) in [6, 6.07) is 21.3. The summed E-state index contributed by atoms with van der Waals surface area (Å²) in [5, 5.41) is 22.2. The number of carbonyl (C=O) groups excluding carboxylic acids is 2. The largest absolute Gasteiger partial charge is 0.507 e. The van der Waals surface area contributed by atoms with E-state index in [1.54, 1.807) is 30.3 Å². The Bertz CT molecular complexity index is 1550. The Morgan fingerprint density at radius 3 is 2.45 bits per heavy atom. The summed E-state index contributed by atoms with van der Waals surface area (Å²) in [5.41, 5.74) is 2.58. The molecule has 2 N–H and O–H groups in total. The van der Waals surface area contributed by atoms with E-state index in [0.29, 0.717) is 23.5 Å². The van der Waals surface area contributed by atoms with Crippen LogP contribution < -0.4 is 9.64 Å². The minimum atomic E-state index is -1.02. The van der Waals surface area contributed by atoms with Crippen molar-refractivity contribution in [1.29, 1.82) is 0 Å². The van der Waals surface area contributed by atoms with Crippen molar-refractivity contribution >= 4 is 34.7 Å². The van der Waals surface area contributed by atoms with Gasteiger partial charge in [0.05, 0.1) is 17.3 Å². The molecule has 1 aromatic heterocycles. The number of hydrogen-bond donors (Lipinski definition) is 2. The van der Waals surface area contributed by atoms with Crippen molar-refractivity contribution in [2.24, 2.45) is 0 Å². The highest BCUT2D eigenvalue weighted by Gasteiger charge is 2.47. The zero-order valence-electron chi connectivity index (χ0n) is 20.3. The molecule has 1 atom stereocenters. The Balaban J connectivity index is 1.57. The van der Waals surface area contributed by atoms with Gasteiger partial charge in [-0.1, -0.05) is 41.9 Å². The lowest BCUT2D eigenvalue weighted by Crippen LogP contribution is -2.29. The van der Waals surface area contributed by atoms with E-state index in [2.05, 4.69) is 4.98 Å². The van der Waals surface area contributed by atoms with Crippen molar-refractivity contribution in [1.82, 2.24) is 4.98 Å². The van der Waals surface area contributed by atoms with Gasteiger partial charge in [0.15, 0.2) is 0 Å². The second-order valence-corrected chi connectivity index (χ2v) is 9.27. The van der Waals surface area contributed by atoms with E-state index in [0.717, 1.165) is 16.0 Å². The average molecular weight is 527 g/mol. The SMILES string of the molecule is Cc1cc(/C(O)=C2\C(=O)C(=O)N(c3cc(Cl)ccc3O)C2c2ccncc2)ccc1OCc1ccccc1. The quantitative estimate of drug-likeness (QED) is 0.183. The summed E-state index contributed by atoms with van der Waals surface area (Å²) >= 11 is 6.15. The molecule has 1 aliphatic heterocycles. The third-order valence-electron chi connectivity index (χ3n) is 6.35. The lowest BCUT2D eigenvalue weighted by atomic mass is 9.95. The Morgan fingerprint density at radius 1 is 1.00 bits per heavy atom. The number of aliphatic hydroxyl groups is 1. The molecule has 7 nitrogen and oxygen atoms in total. The van der Waals surface area contributed by atoms with Crippen LogP contribution in [0.2, 0.25) is 5.02 Å². The molecule has 5 rings (SSSR count). The first kappa shape index (κ1) is 25.0. The number of aromatic nitrogens is 1. The molecular weight excluding hydrogens is 504 g/mol. The molecule has 0 bridgehead atoms. The maximum Gasteiger partial charge on any atom is 0.300 e. The van der Waals surface area contributed by atoms with E-state index >= 15 is 0 Å². The van der Waals surface area contributed by atoms with Gasteiger partial charge in [0.2, 0.25) is 0 Å². The molecular formula is C30H23ClN2O5. The van der Waals surface area contributed by atoms with Crippen molar-refractivity contribution in [2.45, 2.75) is 19.6 Å². The van der Waals surface area contributed by atoms with Gasteiger partial charge in [-0.25, -0.2) is 0 Å². The fourth-order valence-corrected chi connectivity index (χ4v) is 4.65. The van der Waals surface area contributed by atoms with Crippen molar-refractivity contribution in [2.75, 3.05) is 4.90 Å². The van der Waals surface area contributed by atoms with Crippen LogP contribution in [0.3, 0.4) is 0 Å². The number of aryl methyl sites for hydroxylation is 1. The predicted molar refractivity (Wildman–Crippen MR) is 144 cm³/mol. The number of phenols is 1. The molecule has 1 amide bonds. The molecule has 1 fully saturated rings. The third-order valence-corrected chi connectivity index (χ3v) is 6.58. The summed E-state index contributed by atoms with van der Waals surface area (Å²) in [4.78, 5) is 31.8. The Morgan fingerprint density at radius 2 is 1.74 bits per heavy atom. The molecule has 8 heteroatoms. The minimum absolute atomic E-state index is 0.0568. The number of Topliss-reactive ketones (excluding diaryl/α,β-unsaturated/α-hetero) is 1. The third kappa shape index (κ3) is 4.71. The van der Waals surface area contributed by atoms with Gasteiger partial charge in [-0.05, 0) is 72.1 Å². The number of carbonyl (C=O) groups is 2. The molecule has 1 aliphatic rings. The Kier molecular flexibility index (Phi) is 6.85. The highest BCUT2D eigenvalue weighted by Crippen LogP contribution is 2.45. The van der Waals surface area contributed by atoms with Crippen LogP contribution >= 0.6 is 11.6 Å². The maximum atomic E-state index is 13.3. The van der Waals surface area contributed by atoms with E-state index < -0.39 is 17.7 Å². The zero-order valence-corrected chi connectivity index (χ0v) is 21.1. The number of aliphatic hydroxyl groups excluding tert-OH is 1. The number of halogens is 1. The van der Waals surface area contributed by atoms with Crippen LogP contribution in [0.15, 0.2) is 96.8 Å². The molecule has 2 heterocycles. The van der Waals surface area contributed by atoms with Crippen molar-refractivity contribution < 1.29 is 24.5 Å². The van der Waals surface area contributed by atoms with E-state index in [9.17, 15) is 19.8 Å². The number of rotatable bonds is 6. The number of anilines is 1. The molecule has 0 radical (unpaired) electrons. The number of nitrogens with zero attached hydrogens (tertiary/aromatic N) is 2. The first-order valence-electron chi connectivity index (χ1n) is 11.8. The number of ether oxygens (including phenoxy) is 1. The Hall–Kier alpha value is -4.62. The predicted octanol–water partition coefficient (Wildman–Crippen LogP) is 5.95. The molecule has 0 saturated carbocycles. The number of pyridine rings is 1.